The molecule has 0 fully saturated rings. The minimum atomic E-state index is -0.606. The number of ether oxygens (including phenoxy) is 2. The molecule has 3 nitrogen and oxygen atoms in total. The summed E-state index contributed by atoms with van der Waals surface area (Å²) in [6.07, 6.45) is -0.606. The molecule has 2 aromatic rings. The van der Waals surface area contributed by atoms with Gasteiger partial charge in [-0.05, 0) is 30.3 Å². The minimum Gasteiger partial charge on any atom is -0.497 e. The van der Waals surface area contributed by atoms with Crippen LogP contribution in [0.15, 0.2) is 53.4 Å². The Labute approximate surface area is 123 Å². The zero-order chi connectivity index (χ0) is 14.4. The Morgan fingerprint density at radius 2 is 1.80 bits per heavy atom. The van der Waals surface area contributed by atoms with Crippen LogP contribution in [0.5, 0.6) is 11.5 Å². The topological polar surface area (TPSA) is 38.7 Å². The van der Waals surface area contributed by atoms with E-state index in [0.29, 0.717) is 17.3 Å². The van der Waals surface area contributed by atoms with Crippen molar-refractivity contribution in [1.82, 2.24) is 0 Å². The average molecular weight is 290 g/mol. The van der Waals surface area contributed by atoms with Crippen LogP contribution in [0, 0.1) is 0 Å². The molecule has 2 aromatic carbocycles. The van der Waals surface area contributed by atoms with Crippen molar-refractivity contribution in [2.24, 2.45) is 0 Å². The monoisotopic (exact) mass is 290 g/mol. The van der Waals surface area contributed by atoms with E-state index in [1.807, 2.05) is 48.5 Å². The van der Waals surface area contributed by atoms with Gasteiger partial charge in [-0.25, -0.2) is 0 Å². The van der Waals surface area contributed by atoms with Crippen LogP contribution in [0.1, 0.15) is 11.7 Å². The second-order valence-corrected chi connectivity index (χ2v) is 5.34. The summed E-state index contributed by atoms with van der Waals surface area (Å²) in [5.74, 6) is 1.95. The second-order valence-electron chi connectivity index (χ2n) is 4.25. The van der Waals surface area contributed by atoms with Gasteiger partial charge in [-0.15, -0.1) is 11.8 Å². The van der Waals surface area contributed by atoms with Gasteiger partial charge in [0.1, 0.15) is 11.5 Å². The van der Waals surface area contributed by atoms with Crippen molar-refractivity contribution >= 4 is 11.8 Å². The van der Waals surface area contributed by atoms with E-state index in [1.54, 1.807) is 26.0 Å². The fourth-order valence-electron chi connectivity index (χ4n) is 1.88. The predicted molar refractivity (Wildman–Crippen MR) is 81.7 cm³/mol. The lowest BCUT2D eigenvalue weighted by molar-refractivity contribution is 0.198. The van der Waals surface area contributed by atoms with E-state index in [9.17, 15) is 5.11 Å². The first-order valence-corrected chi connectivity index (χ1v) is 7.31. The Hall–Kier alpha value is -1.65. The van der Waals surface area contributed by atoms with Gasteiger partial charge in [0.2, 0.25) is 0 Å². The third kappa shape index (κ3) is 3.68. The van der Waals surface area contributed by atoms with Crippen molar-refractivity contribution in [3.63, 3.8) is 0 Å². The fourth-order valence-corrected chi connectivity index (χ4v) is 2.76. The average Bonchev–Trinajstić information content (AvgIpc) is 2.52. The highest BCUT2D eigenvalue weighted by atomic mass is 32.2. The van der Waals surface area contributed by atoms with Gasteiger partial charge in [0.25, 0.3) is 0 Å². The van der Waals surface area contributed by atoms with Crippen molar-refractivity contribution in [3.05, 3.63) is 54.1 Å². The third-order valence-corrected chi connectivity index (χ3v) is 4.03. The first-order chi connectivity index (χ1) is 9.74. The summed E-state index contributed by atoms with van der Waals surface area (Å²) in [5.41, 5.74) is 0.746. The molecule has 0 amide bonds. The molecular formula is C16H18O3S. The highest BCUT2D eigenvalue weighted by Gasteiger charge is 2.15. The Bertz CT molecular complexity index is 543. The highest BCUT2D eigenvalue weighted by Crippen LogP contribution is 2.32. The number of benzene rings is 2. The van der Waals surface area contributed by atoms with Crippen molar-refractivity contribution in [2.45, 2.75) is 11.0 Å². The molecular weight excluding hydrogens is 272 g/mol. The smallest absolute Gasteiger partial charge is 0.124 e. The predicted octanol–water partition coefficient (Wildman–Crippen LogP) is 3.53. The van der Waals surface area contributed by atoms with Crippen LogP contribution < -0.4 is 9.47 Å². The van der Waals surface area contributed by atoms with Crippen LogP contribution in [0.4, 0.5) is 0 Å². The number of thioether (sulfide) groups is 1. The molecule has 20 heavy (non-hydrogen) atoms. The van der Waals surface area contributed by atoms with Gasteiger partial charge in [0, 0.05) is 16.2 Å². The lowest BCUT2D eigenvalue weighted by atomic mass is 10.1. The molecule has 0 spiro atoms. The molecule has 1 N–H and O–H groups in total. The summed E-state index contributed by atoms with van der Waals surface area (Å²) < 4.78 is 10.5. The number of rotatable bonds is 6. The molecule has 2 rings (SSSR count). The Balaban J connectivity index is 2.09. The lowest BCUT2D eigenvalue weighted by Gasteiger charge is -2.15. The van der Waals surface area contributed by atoms with E-state index < -0.39 is 6.10 Å². The van der Waals surface area contributed by atoms with Crippen molar-refractivity contribution in [3.8, 4) is 11.5 Å². The summed E-state index contributed by atoms with van der Waals surface area (Å²) >= 11 is 1.61. The molecule has 0 saturated heterocycles. The van der Waals surface area contributed by atoms with Gasteiger partial charge in [0.15, 0.2) is 0 Å². The molecule has 4 heteroatoms. The van der Waals surface area contributed by atoms with E-state index >= 15 is 0 Å². The summed E-state index contributed by atoms with van der Waals surface area (Å²) in [6, 6.07) is 15.5. The Kier molecular flexibility index (Phi) is 5.32. The molecule has 0 radical (unpaired) electrons. The van der Waals surface area contributed by atoms with Gasteiger partial charge >= 0.3 is 0 Å². The molecule has 106 valence electrons. The second kappa shape index (κ2) is 7.22. The molecule has 0 bridgehead atoms. The van der Waals surface area contributed by atoms with Gasteiger partial charge in [-0.2, -0.15) is 0 Å². The maximum absolute atomic E-state index is 10.4. The van der Waals surface area contributed by atoms with Gasteiger partial charge in [-0.1, -0.05) is 18.2 Å². The molecule has 1 unspecified atom stereocenters. The minimum absolute atomic E-state index is 0.563. The molecule has 1 atom stereocenters. The molecule has 0 aliphatic carbocycles. The Morgan fingerprint density at radius 1 is 1.05 bits per heavy atom. The summed E-state index contributed by atoms with van der Waals surface area (Å²) in [5, 5.41) is 10.4. The zero-order valence-corrected chi connectivity index (χ0v) is 12.4. The maximum Gasteiger partial charge on any atom is 0.124 e. The molecule has 0 aromatic heterocycles. The van der Waals surface area contributed by atoms with Crippen LogP contribution in [0.25, 0.3) is 0 Å². The van der Waals surface area contributed by atoms with E-state index in [1.165, 1.54) is 0 Å². The Morgan fingerprint density at radius 3 is 2.45 bits per heavy atom. The van der Waals surface area contributed by atoms with Gasteiger partial charge in [-0.3, -0.25) is 0 Å². The summed E-state index contributed by atoms with van der Waals surface area (Å²) in [7, 11) is 3.21. The van der Waals surface area contributed by atoms with E-state index in [0.717, 1.165) is 10.5 Å². The number of aliphatic hydroxyl groups is 1. The van der Waals surface area contributed by atoms with Crippen molar-refractivity contribution < 1.29 is 14.6 Å². The number of hydrogen-bond acceptors (Lipinski definition) is 4. The zero-order valence-electron chi connectivity index (χ0n) is 11.6. The largest absolute Gasteiger partial charge is 0.497 e. The van der Waals surface area contributed by atoms with Crippen LogP contribution in [-0.2, 0) is 0 Å². The molecule has 0 aliphatic heterocycles. The van der Waals surface area contributed by atoms with E-state index in [2.05, 4.69) is 0 Å². The van der Waals surface area contributed by atoms with Crippen LogP contribution in [0.3, 0.4) is 0 Å². The molecule has 0 aliphatic rings. The number of methoxy groups -OCH3 is 2. The van der Waals surface area contributed by atoms with Crippen molar-refractivity contribution in [1.29, 1.82) is 0 Å². The van der Waals surface area contributed by atoms with Gasteiger partial charge in [0.05, 0.1) is 20.3 Å². The van der Waals surface area contributed by atoms with Crippen LogP contribution >= 0.6 is 11.8 Å². The highest BCUT2D eigenvalue weighted by molar-refractivity contribution is 7.99. The number of aliphatic hydroxyl groups excluding tert-OH is 1. The van der Waals surface area contributed by atoms with Gasteiger partial charge < -0.3 is 14.6 Å². The maximum atomic E-state index is 10.4. The first kappa shape index (κ1) is 14.8. The number of hydrogen-bond donors (Lipinski definition) is 1. The molecule has 0 heterocycles. The first-order valence-electron chi connectivity index (χ1n) is 6.32. The fraction of sp³-hybridized carbons (Fsp3) is 0.250. The standard InChI is InChI=1S/C16H18O3S/c1-18-12-8-9-16(19-2)14(10-12)15(17)11-20-13-6-4-3-5-7-13/h3-10,15,17H,11H2,1-2H3. The normalized spacial score (nSPS) is 11.9. The molecule has 0 saturated carbocycles. The van der Waals surface area contributed by atoms with Crippen LogP contribution in [0.2, 0.25) is 0 Å². The third-order valence-electron chi connectivity index (χ3n) is 2.95. The van der Waals surface area contributed by atoms with Crippen LogP contribution in [-0.4, -0.2) is 25.1 Å². The SMILES string of the molecule is COc1ccc(OC)c(C(O)CSc2ccccc2)c1. The van der Waals surface area contributed by atoms with E-state index in [4.69, 9.17) is 9.47 Å². The summed E-state index contributed by atoms with van der Waals surface area (Å²) in [4.78, 5) is 1.13. The summed E-state index contributed by atoms with van der Waals surface area (Å²) in [6.45, 7) is 0. The lowest BCUT2D eigenvalue weighted by Crippen LogP contribution is -2.03. The quantitative estimate of drug-likeness (QED) is 0.826. The van der Waals surface area contributed by atoms with E-state index in [-0.39, 0.29) is 0 Å². The van der Waals surface area contributed by atoms with Crippen molar-refractivity contribution in [2.75, 3.05) is 20.0 Å².